The van der Waals surface area contributed by atoms with Crippen molar-refractivity contribution in [2.45, 2.75) is 38.1 Å². The Morgan fingerprint density at radius 1 is 1.69 bits per heavy atom. The highest BCUT2D eigenvalue weighted by atomic mass is 32.2. The summed E-state index contributed by atoms with van der Waals surface area (Å²) in [5.74, 6) is 4.96. The third kappa shape index (κ3) is 3.01. The van der Waals surface area contributed by atoms with E-state index in [0.717, 1.165) is 18.1 Å². The van der Waals surface area contributed by atoms with Gasteiger partial charge in [-0.1, -0.05) is 0 Å². The average molecular weight is 240 g/mol. The predicted molar refractivity (Wildman–Crippen MR) is 68.0 cm³/mol. The molecule has 1 fully saturated rings. The van der Waals surface area contributed by atoms with Crippen LogP contribution in [0, 0.1) is 0 Å². The Bertz CT molecular complexity index is 321. The lowest BCUT2D eigenvalue weighted by Gasteiger charge is -2.17. The minimum Gasteiger partial charge on any atom is -0.445 e. The molecule has 0 spiro atoms. The highest BCUT2D eigenvalue weighted by molar-refractivity contribution is 7.99. The summed E-state index contributed by atoms with van der Waals surface area (Å²) in [6, 6.07) is 0.446. The van der Waals surface area contributed by atoms with Crippen LogP contribution in [0.2, 0.25) is 0 Å². The van der Waals surface area contributed by atoms with E-state index in [9.17, 15) is 0 Å². The summed E-state index contributed by atoms with van der Waals surface area (Å²) >= 11 is 2.01. The minimum absolute atomic E-state index is 0.446. The third-order valence-corrected chi connectivity index (χ3v) is 4.30. The number of oxazole rings is 1. The van der Waals surface area contributed by atoms with Gasteiger partial charge in [0, 0.05) is 24.1 Å². The second-order valence-corrected chi connectivity index (χ2v) is 5.62. The van der Waals surface area contributed by atoms with Gasteiger partial charge in [0.1, 0.15) is 5.76 Å². The molecule has 90 valence electrons. The van der Waals surface area contributed by atoms with E-state index >= 15 is 0 Å². The SMILES string of the molecule is CNC(C)Cc1cnc(C2CCCSC2)o1. The lowest BCUT2D eigenvalue weighted by molar-refractivity contribution is 0.403. The molecular weight excluding hydrogens is 220 g/mol. The summed E-state index contributed by atoms with van der Waals surface area (Å²) in [4.78, 5) is 4.42. The zero-order chi connectivity index (χ0) is 11.4. The van der Waals surface area contributed by atoms with Crippen molar-refractivity contribution < 1.29 is 4.42 Å². The Kier molecular flexibility index (Phi) is 4.29. The van der Waals surface area contributed by atoms with Crippen LogP contribution in [0.3, 0.4) is 0 Å². The molecular formula is C12H20N2OS. The minimum atomic E-state index is 0.446. The molecule has 0 amide bonds. The molecule has 0 bridgehead atoms. The number of thioether (sulfide) groups is 1. The zero-order valence-electron chi connectivity index (χ0n) is 10.0. The van der Waals surface area contributed by atoms with Crippen molar-refractivity contribution in [3.63, 3.8) is 0 Å². The highest BCUT2D eigenvalue weighted by Gasteiger charge is 2.20. The maximum Gasteiger partial charge on any atom is 0.198 e. The van der Waals surface area contributed by atoms with Gasteiger partial charge in [0.25, 0.3) is 0 Å². The molecule has 1 aliphatic heterocycles. The van der Waals surface area contributed by atoms with Gasteiger partial charge < -0.3 is 9.73 Å². The Morgan fingerprint density at radius 2 is 2.56 bits per heavy atom. The number of rotatable bonds is 4. The van der Waals surface area contributed by atoms with Gasteiger partial charge in [-0.05, 0) is 32.6 Å². The first-order valence-electron chi connectivity index (χ1n) is 5.99. The highest BCUT2D eigenvalue weighted by Crippen LogP contribution is 2.30. The molecule has 2 unspecified atom stereocenters. The van der Waals surface area contributed by atoms with Crippen molar-refractivity contribution in [2.75, 3.05) is 18.6 Å². The van der Waals surface area contributed by atoms with E-state index < -0.39 is 0 Å². The topological polar surface area (TPSA) is 38.1 Å². The fourth-order valence-electron chi connectivity index (χ4n) is 1.95. The van der Waals surface area contributed by atoms with Crippen molar-refractivity contribution >= 4 is 11.8 Å². The Labute approximate surface area is 101 Å². The maximum absolute atomic E-state index is 5.83. The van der Waals surface area contributed by atoms with Gasteiger partial charge >= 0.3 is 0 Å². The van der Waals surface area contributed by atoms with E-state index in [2.05, 4.69) is 17.2 Å². The van der Waals surface area contributed by atoms with E-state index in [1.165, 1.54) is 24.3 Å². The second kappa shape index (κ2) is 5.73. The molecule has 16 heavy (non-hydrogen) atoms. The van der Waals surface area contributed by atoms with E-state index in [4.69, 9.17) is 4.42 Å². The molecule has 0 radical (unpaired) electrons. The van der Waals surface area contributed by atoms with Gasteiger partial charge in [-0.25, -0.2) is 4.98 Å². The third-order valence-electron chi connectivity index (χ3n) is 3.08. The zero-order valence-corrected chi connectivity index (χ0v) is 10.8. The fraction of sp³-hybridized carbons (Fsp3) is 0.750. The quantitative estimate of drug-likeness (QED) is 0.877. The summed E-state index contributed by atoms with van der Waals surface area (Å²) in [6.45, 7) is 2.15. The van der Waals surface area contributed by atoms with E-state index in [1.54, 1.807) is 0 Å². The van der Waals surface area contributed by atoms with Gasteiger partial charge in [0.05, 0.1) is 6.20 Å². The van der Waals surface area contributed by atoms with Crippen LogP contribution in [0.5, 0.6) is 0 Å². The van der Waals surface area contributed by atoms with Gasteiger partial charge in [-0.3, -0.25) is 0 Å². The van der Waals surface area contributed by atoms with Crippen LogP contribution < -0.4 is 5.32 Å². The van der Waals surface area contributed by atoms with E-state index in [-0.39, 0.29) is 0 Å². The van der Waals surface area contributed by atoms with Crippen molar-refractivity contribution in [2.24, 2.45) is 0 Å². The molecule has 1 saturated heterocycles. The van der Waals surface area contributed by atoms with Crippen molar-refractivity contribution in [3.05, 3.63) is 17.8 Å². The number of hydrogen-bond acceptors (Lipinski definition) is 4. The van der Waals surface area contributed by atoms with Gasteiger partial charge in [-0.15, -0.1) is 0 Å². The normalized spacial score (nSPS) is 23.2. The van der Waals surface area contributed by atoms with Crippen LogP contribution >= 0.6 is 11.8 Å². The molecule has 2 atom stereocenters. The lowest BCUT2D eigenvalue weighted by atomic mass is 10.1. The first kappa shape index (κ1) is 12.0. The summed E-state index contributed by atoms with van der Waals surface area (Å²) in [6.07, 6.45) is 5.33. The average Bonchev–Trinajstić information content (AvgIpc) is 2.78. The van der Waals surface area contributed by atoms with Crippen LogP contribution in [-0.4, -0.2) is 29.6 Å². The molecule has 2 rings (SSSR count). The van der Waals surface area contributed by atoms with Crippen LogP contribution in [0.4, 0.5) is 0 Å². The molecule has 1 N–H and O–H groups in total. The summed E-state index contributed by atoms with van der Waals surface area (Å²) in [5.41, 5.74) is 0. The smallest absolute Gasteiger partial charge is 0.198 e. The molecule has 0 aromatic carbocycles. The van der Waals surface area contributed by atoms with Crippen molar-refractivity contribution in [1.82, 2.24) is 10.3 Å². The predicted octanol–water partition coefficient (Wildman–Crippen LogP) is 2.44. The summed E-state index contributed by atoms with van der Waals surface area (Å²) < 4.78 is 5.83. The Hall–Kier alpha value is -0.480. The Morgan fingerprint density at radius 3 is 3.25 bits per heavy atom. The van der Waals surface area contributed by atoms with E-state index in [0.29, 0.717) is 12.0 Å². The molecule has 0 aliphatic carbocycles. The molecule has 1 aromatic heterocycles. The maximum atomic E-state index is 5.83. The largest absolute Gasteiger partial charge is 0.445 e. The first-order chi connectivity index (χ1) is 7.79. The number of aromatic nitrogens is 1. The first-order valence-corrected chi connectivity index (χ1v) is 7.14. The van der Waals surface area contributed by atoms with E-state index in [1.807, 2.05) is 25.0 Å². The standard InChI is InChI=1S/C12H20N2OS/c1-9(13-2)6-11-7-14-12(15-11)10-4-3-5-16-8-10/h7,9-10,13H,3-6,8H2,1-2H3. The molecule has 0 saturated carbocycles. The van der Waals surface area contributed by atoms with Crippen LogP contribution in [0.1, 0.15) is 37.3 Å². The van der Waals surface area contributed by atoms with Crippen LogP contribution in [0.15, 0.2) is 10.6 Å². The monoisotopic (exact) mass is 240 g/mol. The lowest BCUT2D eigenvalue weighted by Crippen LogP contribution is -2.23. The van der Waals surface area contributed by atoms with Gasteiger partial charge in [0.2, 0.25) is 0 Å². The number of nitrogens with zero attached hydrogens (tertiary/aromatic N) is 1. The molecule has 1 aromatic rings. The van der Waals surface area contributed by atoms with Crippen LogP contribution in [0.25, 0.3) is 0 Å². The summed E-state index contributed by atoms with van der Waals surface area (Å²) in [5, 5.41) is 3.21. The van der Waals surface area contributed by atoms with Crippen molar-refractivity contribution in [1.29, 1.82) is 0 Å². The van der Waals surface area contributed by atoms with Gasteiger partial charge in [-0.2, -0.15) is 11.8 Å². The number of likely N-dealkylation sites (N-methyl/N-ethyl adjacent to an activating group) is 1. The van der Waals surface area contributed by atoms with Crippen LogP contribution in [-0.2, 0) is 6.42 Å². The second-order valence-electron chi connectivity index (χ2n) is 4.47. The molecule has 2 heterocycles. The summed E-state index contributed by atoms with van der Waals surface area (Å²) in [7, 11) is 1.97. The molecule has 1 aliphatic rings. The van der Waals surface area contributed by atoms with Gasteiger partial charge in [0.15, 0.2) is 5.89 Å². The Balaban J connectivity index is 1.95. The number of hydrogen-bond donors (Lipinski definition) is 1. The van der Waals surface area contributed by atoms with Crippen molar-refractivity contribution in [3.8, 4) is 0 Å². The number of nitrogens with one attached hydrogen (secondary N) is 1. The fourth-order valence-corrected chi connectivity index (χ4v) is 3.08. The molecule has 4 heteroatoms. The molecule has 3 nitrogen and oxygen atoms in total.